The van der Waals surface area contributed by atoms with Crippen molar-refractivity contribution >= 4 is 23.7 Å². The van der Waals surface area contributed by atoms with E-state index >= 15 is 0 Å². The normalized spacial score (nSPS) is 10.6. The molecule has 7 nitrogen and oxygen atoms in total. The predicted octanol–water partition coefficient (Wildman–Crippen LogP) is 3.01. The molecule has 0 aliphatic rings. The molecule has 112 valence electrons. The third kappa shape index (κ3) is 3.01. The van der Waals surface area contributed by atoms with Crippen LogP contribution in [0.5, 0.6) is 0 Å². The van der Waals surface area contributed by atoms with Crippen molar-refractivity contribution in [3.05, 3.63) is 41.8 Å². The van der Waals surface area contributed by atoms with E-state index in [-0.39, 0.29) is 11.7 Å². The molecule has 8 heteroatoms. The van der Waals surface area contributed by atoms with E-state index in [1.807, 2.05) is 30.5 Å². The van der Waals surface area contributed by atoms with Crippen LogP contribution in [0.3, 0.4) is 0 Å². The molecule has 0 bridgehead atoms. The lowest BCUT2D eigenvalue weighted by Gasteiger charge is -1.98. The zero-order chi connectivity index (χ0) is 15.5. The molecule has 0 unspecified atom stereocenters. The zero-order valence-electron chi connectivity index (χ0n) is 11.9. The average Bonchev–Trinajstić information content (AvgIpc) is 3.16. The van der Waals surface area contributed by atoms with Crippen LogP contribution < -0.4 is 5.32 Å². The third-order valence-corrected chi connectivity index (χ3v) is 3.55. The van der Waals surface area contributed by atoms with Gasteiger partial charge in [-0.15, -0.1) is 16.9 Å². The number of anilines is 1. The van der Waals surface area contributed by atoms with E-state index < -0.39 is 5.91 Å². The number of thioether (sulfide) groups is 1. The van der Waals surface area contributed by atoms with Crippen molar-refractivity contribution in [2.45, 2.75) is 11.8 Å². The summed E-state index contributed by atoms with van der Waals surface area (Å²) in [5, 5.41) is 13.8. The van der Waals surface area contributed by atoms with Crippen LogP contribution >= 0.6 is 11.8 Å². The molecule has 22 heavy (non-hydrogen) atoms. The number of carbonyl (C=O) groups excluding carboxylic acids is 1. The topological polar surface area (TPSA) is 94.1 Å². The number of amides is 1. The predicted molar refractivity (Wildman–Crippen MR) is 80.7 cm³/mol. The van der Waals surface area contributed by atoms with E-state index in [2.05, 4.69) is 20.7 Å². The summed E-state index contributed by atoms with van der Waals surface area (Å²) >= 11 is 1.62. The van der Waals surface area contributed by atoms with Gasteiger partial charge < -0.3 is 8.94 Å². The first-order chi connectivity index (χ1) is 10.7. The first-order valence-corrected chi connectivity index (χ1v) is 7.61. The van der Waals surface area contributed by atoms with Crippen LogP contribution in [-0.2, 0) is 0 Å². The Morgan fingerprint density at radius 1 is 1.27 bits per heavy atom. The fourth-order valence-corrected chi connectivity index (χ4v) is 2.24. The van der Waals surface area contributed by atoms with Crippen LogP contribution in [0.1, 0.15) is 16.2 Å². The Balaban J connectivity index is 1.77. The van der Waals surface area contributed by atoms with Crippen LogP contribution in [0, 0.1) is 6.92 Å². The Morgan fingerprint density at radius 2 is 2.14 bits per heavy atom. The molecule has 0 aliphatic carbocycles. The second-order valence-electron chi connectivity index (χ2n) is 4.42. The lowest BCUT2D eigenvalue weighted by atomic mass is 10.2. The quantitative estimate of drug-likeness (QED) is 0.739. The zero-order valence-corrected chi connectivity index (χ0v) is 12.7. The number of aryl methyl sites for hydroxylation is 1. The fraction of sp³-hybridized carbons (Fsp3) is 0.143. The molecule has 1 amide bonds. The van der Waals surface area contributed by atoms with Gasteiger partial charge in [0.25, 0.3) is 5.91 Å². The summed E-state index contributed by atoms with van der Waals surface area (Å²) in [6.45, 7) is 1.70. The van der Waals surface area contributed by atoms with Crippen molar-refractivity contribution in [3.63, 3.8) is 0 Å². The summed E-state index contributed by atoms with van der Waals surface area (Å²) in [5.41, 5.74) is 0.943. The van der Waals surface area contributed by atoms with E-state index in [4.69, 9.17) is 8.94 Å². The molecule has 0 fully saturated rings. The highest BCUT2D eigenvalue weighted by molar-refractivity contribution is 7.98. The number of rotatable bonds is 4. The Morgan fingerprint density at radius 3 is 2.86 bits per heavy atom. The van der Waals surface area contributed by atoms with Crippen LogP contribution in [0.25, 0.3) is 11.5 Å². The van der Waals surface area contributed by atoms with E-state index in [0.717, 1.165) is 10.5 Å². The molecule has 0 spiro atoms. The number of carbonyl (C=O) groups is 1. The molecule has 0 aliphatic heterocycles. The molecule has 0 saturated heterocycles. The largest absolute Gasteiger partial charge is 0.403 e. The molecular weight excluding hydrogens is 304 g/mol. The standard InChI is InChI=1S/C14H12N4O3S/c1-8-6-11(18-21-8)12(19)15-14-17-16-13(20-14)9-4-3-5-10(7-9)22-2/h3-7H,1-2H3,(H,15,17,19). The highest BCUT2D eigenvalue weighted by atomic mass is 32.2. The summed E-state index contributed by atoms with van der Waals surface area (Å²) in [4.78, 5) is 13.0. The number of aromatic nitrogens is 3. The lowest BCUT2D eigenvalue weighted by molar-refractivity contribution is 0.101. The van der Waals surface area contributed by atoms with Gasteiger partial charge in [0.05, 0.1) is 0 Å². The van der Waals surface area contributed by atoms with Gasteiger partial charge in [-0.1, -0.05) is 16.3 Å². The van der Waals surface area contributed by atoms with Crippen LogP contribution in [-0.4, -0.2) is 27.5 Å². The van der Waals surface area contributed by atoms with Gasteiger partial charge in [0, 0.05) is 16.5 Å². The van der Waals surface area contributed by atoms with Gasteiger partial charge in [0.2, 0.25) is 5.89 Å². The number of hydrogen-bond donors (Lipinski definition) is 1. The van der Waals surface area contributed by atoms with Crippen molar-refractivity contribution in [2.24, 2.45) is 0 Å². The maximum Gasteiger partial charge on any atom is 0.322 e. The molecule has 3 rings (SSSR count). The second-order valence-corrected chi connectivity index (χ2v) is 5.30. The molecule has 3 aromatic rings. The van der Waals surface area contributed by atoms with Crippen molar-refractivity contribution < 1.29 is 13.7 Å². The molecular formula is C14H12N4O3S. The van der Waals surface area contributed by atoms with Crippen molar-refractivity contribution in [1.82, 2.24) is 15.4 Å². The smallest absolute Gasteiger partial charge is 0.322 e. The minimum absolute atomic E-state index is 0.00945. The first kappa shape index (κ1) is 14.3. The average molecular weight is 316 g/mol. The highest BCUT2D eigenvalue weighted by Crippen LogP contribution is 2.24. The van der Waals surface area contributed by atoms with Crippen LogP contribution in [0.4, 0.5) is 6.01 Å². The van der Waals surface area contributed by atoms with Crippen molar-refractivity contribution in [3.8, 4) is 11.5 Å². The van der Waals surface area contributed by atoms with Gasteiger partial charge in [-0.3, -0.25) is 10.1 Å². The highest BCUT2D eigenvalue weighted by Gasteiger charge is 2.15. The molecule has 1 aromatic carbocycles. The molecule has 2 heterocycles. The monoisotopic (exact) mass is 316 g/mol. The van der Waals surface area contributed by atoms with Crippen LogP contribution in [0.15, 0.2) is 44.2 Å². The minimum Gasteiger partial charge on any atom is -0.403 e. The number of nitrogens with zero attached hydrogens (tertiary/aromatic N) is 3. The number of hydrogen-bond acceptors (Lipinski definition) is 7. The van der Waals surface area contributed by atoms with Gasteiger partial charge in [-0.25, -0.2) is 0 Å². The Labute approximate surface area is 130 Å². The summed E-state index contributed by atoms with van der Waals surface area (Å²) in [6, 6.07) is 9.22. The third-order valence-electron chi connectivity index (χ3n) is 2.82. The number of benzene rings is 1. The summed E-state index contributed by atoms with van der Waals surface area (Å²) < 4.78 is 10.3. The van der Waals surface area contributed by atoms with E-state index in [1.165, 1.54) is 6.07 Å². The molecule has 0 radical (unpaired) electrons. The lowest BCUT2D eigenvalue weighted by Crippen LogP contribution is -2.12. The molecule has 2 aromatic heterocycles. The molecule has 0 atom stereocenters. The fourth-order valence-electron chi connectivity index (χ4n) is 1.78. The van der Waals surface area contributed by atoms with E-state index in [0.29, 0.717) is 11.7 Å². The van der Waals surface area contributed by atoms with E-state index in [1.54, 1.807) is 18.7 Å². The first-order valence-electron chi connectivity index (χ1n) is 6.38. The van der Waals surface area contributed by atoms with Gasteiger partial charge in [0.1, 0.15) is 5.76 Å². The van der Waals surface area contributed by atoms with Gasteiger partial charge in [0.15, 0.2) is 5.69 Å². The molecule has 0 saturated carbocycles. The van der Waals surface area contributed by atoms with Crippen molar-refractivity contribution in [1.29, 1.82) is 0 Å². The SMILES string of the molecule is CSc1cccc(-c2nnc(NC(=O)c3cc(C)on3)o2)c1. The maximum absolute atomic E-state index is 11.9. The summed E-state index contributed by atoms with van der Waals surface area (Å²) in [6.07, 6.45) is 1.98. The Kier molecular flexibility index (Phi) is 3.92. The molecule has 1 N–H and O–H groups in total. The van der Waals surface area contributed by atoms with Gasteiger partial charge in [-0.2, -0.15) is 0 Å². The van der Waals surface area contributed by atoms with Gasteiger partial charge in [-0.05, 0) is 31.4 Å². The van der Waals surface area contributed by atoms with E-state index in [9.17, 15) is 4.79 Å². The minimum atomic E-state index is -0.468. The summed E-state index contributed by atoms with van der Waals surface area (Å²) in [5.74, 6) is 0.415. The Bertz CT molecular complexity index is 812. The Hall–Kier alpha value is -2.61. The van der Waals surface area contributed by atoms with Crippen LogP contribution in [0.2, 0.25) is 0 Å². The maximum atomic E-state index is 11.9. The van der Waals surface area contributed by atoms with Gasteiger partial charge >= 0.3 is 6.01 Å². The summed E-state index contributed by atoms with van der Waals surface area (Å²) in [7, 11) is 0. The number of nitrogens with one attached hydrogen (secondary N) is 1. The second kappa shape index (κ2) is 6.02. The van der Waals surface area contributed by atoms with Crippen molar-refractivity contribution in [2.75, 3.05) is 11.6 Å².